The molecule has 0 saturated carbocycles. The zero-order valence-corrected chi connectivity index (χ0v) is 5.89. The van der Waals surface area contributed by atoms with E-state index in [1.807, 2.05) is 0 Å². The van der Waals surface area contributed by atoms with Gasteiger partial charge < -0.3 is 10.2 Å². The molecule has 0 spiro atoms. The summed E-state index contributed by atoms with van der Waals surface area (Å²) in [6, 6.07) is 1.62. The first-order valence-electron chi connectivity index (χ1n) is 2.72. The van der Waals surface area contributed by atoms with Crippen molar-refractivity contribution in [2.75, 3.05) is 0 Å². The third-order valence-corrected chi connectivity index (χ3v) is 1.32. The monoisotopic (exact) mass is 159 g/mol. The topological polar surface area (TPSA) is 56.2 Å². The molecule has 1 aromatic rings. The minimum absolute atomic E-state index is 0.143. The van der Waals surface area contributed by atoms with E-state index in [1.165, 1.54) is 6.26 Å². The Labute approximate surface area is 62.8 Å². The van der Waals surface area contributed by atoms with E-state index in [2.05, 4.69) is 0 Å². The molecule has 0 amide bonds. The molecule has 0 saturated heterocycles. The molecule has 4 heteroatoms. The molecule has 0 fully saturated rings. The molecule has 0 aliphatic heterocycles. The summed E-state index contributed by atoms with van der Waals surface area (Å²) >= 11 is 5.14. The van der Waals surface area contributed by atoms with Crippen LogP contribution in [0.15, 0.2) is 16.7 Å². The molecule has 0 aliphatic carbocycles. The van der Waals surface area contributed by atoms with Gasteiger partial charge in [-0.15, -0.1) is 0 Å². The average molecular weight is 160 g/mol. The van der Waals surface area contributed by atoms with Gasteiger partial charge in [-0.2, -0.15) is 0 Å². The fraction of sp³-hybridized carbons (Fsp3) is 0.167. The summed E-state index contributed by atoms with van der Waals surface area (Å²) in [6.45, 7) is 0.268. The van der Waals surface area contributed by atoms with E-state index in [0.717, 1.165) is 0 Å². The maximum Gasteiger partial charge on any atom is 0.288 e. The first-order valence-corrected chi connectivity index (χ1v) is 3.09. The van der Waals surface area contributed by atoms with Crippen LogP contribution in [0, 0.1) is 0 Å². The summed E-state index contributed by atoms with van der Waals surface area (Å²) in [7, 11) is 0. The van der Waals surface area contributed by atoms with E-state index in [9.17, 15) is 4.79 Å². The smallest absolute Gasteiger partial charge is 0.288 e. The summed E-state index contributed by atoms with van der Waals surface area (Å²) in [6.07, 6.45) is 1.39. The Kier molecular flexibility index (Phi) is 2.09. The number of halogens is 1. The second kappa shape index (κ2) is 2.86. The predicted molar refractivity (Wildman–Crippen MR) is 36.8 cm³/mol. The fourth-order valence-corrected chi connectivity index (χ4v) is 0.835. The highest BCUT2D eigenvalue weighted by molar-refractivity contribution is 6.67. The average Bonchev–Trinajstić information content (AvgIpc) is 2.33. The number of rotatable bonds is 2. The molecular formula is C6H6ClNO2. The number of hydrogen-bond acceptors (Lipinski definition) is 3. The van der Waals surface area contributed by atoms with Crippen molar-refractivity contribution in [2.24, 2.45) is 5.73 Å². The zero-order chi connectivity index (χ0) is 7.56. The molecule has 54 valence electrons. The molecule has 2 N–H and O–H groups in total. The Morgan fingerprint density at radius 3 is 2.90 bits per heavy atom. The van der Waals surface area contributed by atoms with Crippen LogP contribution < -0.4 is 5.73 Å². The molecule has 1 aromatic heterocycles. The predicted octanol–water partition coefficient (Wildman–Crippen LogP) is 1.12. The largest absolute Gasteiger partial charge is 0.460 e. The molecular weight excluding hydrogens is 154 g/mol. The van der Waals surface area contributed by atoms with Crippen LogP contribution in [0.4, 0.5) is 0 Å². The van der Waals surface area contributed by atoms with Gasteiger partial charge in [-0.25, -0.2) is 0 Å². The number of carbonyl (C=O) groups excluding carboxylic acids is 1. The van der Waals surface area contributed by atoms with Gasteiger partial charge in [0.05, 0.1) is 6.26 Å². The lowest BCUT2D eigenvalue weighted by molar-refractivity contribution is 0.105. The van der Waals surface area contributed by atoms with Crippen LogP contribution in [0.3, 0.4) is 0 Å². The van der Waals surface area contributed by atoms with Crippen molar-refractivity contribution in [3.05, 3.63) is 23.7 Å². The van der Waals surface area contributed by atoms with Gasteiger partial charge >= 0.3 is 0 Å². The maximum atomic E-state index is 10.5. The van der Waals surface area contributed by atoms with Crippen molar-refractivity contribution >= 4 is 16.8 Å². The number of carbonyl (C=O) groups is 1. The van der Waals surface area contributed by atoms with Gasteiger partial charge in [0.2, 0.25) is 0 Å². The Morgan fingerprint density at radius 2 is 2.50 bits per heavy atom. The summed E-state index contributed by atoms with van der Waals surface area (Å²) in [5, 5.41) is -0.606. The summed E-state index contributed by atoms with van der Waals surface area (Å²) in [5.41, 5.74) is 5.90. The third kappa shape index (κ3) is 1.20. The first-order chi connectivity index (χ1) is 4.75. The second-order valence-corrected chi connectivity index (χ2v) is 2.10. The molecule has 3 nitrogen and oxygen atoms in total. The molecule has 0 radical (unpaired) electrons. The third-order valence-electron chi connectivity index (χ3n) is 1.15. The van der Waals surface area contributed by atoms with Crippen molar-refractivity contribution in [3.63, 3.8) is 0 Å². The lowest BCUT2D eigenvalue weighted by atomic mass is 10.3. The zero-order valence-electron chi connectivity index (χ0n) is 5.13. The van der Waals surface area contributed by atoms with Crippen molar-refractivity contribution in [2.45, 2.75) is 6.54 Å². The Morgan fingerprint density at radius 1 is 1.80 bits per heavy atom. The van der Waals surface area contributed by atoms with E-state index < -0.39 is 5.24 Å². The van der Waals surface area contributed by atoms with E-state index >= 15 is 0 Å². The van der Waals surface area contributed by atoms with Crippen LogP contribution in [0.5, 0.6) is 0 Å². The van der Waals surface area contributed by atoms with Gasteiger partial charge in [-0.05, 0) is 17.7 Å². The van der Waals surface area contributed by atoms with E-state index in [-0.39, 0.29) is 12.3 Å². The van der Waals surface area contributed by atoms with Crippen LogP contribution in [0.25, 0.3) is 0 Å². The minimum atomic E-state index is -0.606. The molecule has 1 rings (SSSR count). The summed E-state index contributed by atoms with van der Waals surface area (Å²) in [5.74, 6) is 0.143. The van der Waals surface area contributed by atoms with Crippen molar-refractivity contribution < 1.29 is 9.21 Å². The van der Waals surface area contributed by atoms with E-state index in [4.69, 9.17) is 21.8 Å². The number of hydrogen-bond donors (Lipinski definition) is 1. The maximum absolute atomic E-state index is 10.5. The van der Waals surface area contributed by atoms with Crippen LogP contribution in [0.2, 0.25) is 0 Å². The Bertz CT molecular complexity index is 244. The van der Waals surface area contributed by atoms with Gasteiger partial charge in [-0.3, -0.25) is 4.79 Å². The van der Waals surface area contributed by atoms with Crippen LogP contribution in [-0.4, -0.2) is 5.24 Å². The molecule has 0 atom stereocenters. The summed E-state index contributed by atoms with van der Waals surface area (Å²) < 4.78 is 4.76. The van der Waals surface area contributed by atoms with Crippen molar-refractivity contribution in [3.8, 4) is 0 Å². The number of furan rings is 1. The van der Waals surface area contributed by atoms with Gasteiger partial charge in [0.25, 0.3) is 5.24 Å². The summed E-state index contributed by atoms with van der Waals surface area (Å²) in [4.78, 5) is 10.5. The Hall–Kier alpha value is -0.800. The minimum Gasteiger partial charge on any atom is -0.460 e. The fourth-order valence-electron chi connectivity index (χ4n) is 0.669. The van der Waals surface area contributed by atoms with Crippen LogP contribution >= 0.6 is 11.6 Å². The molecule has 0 unspecified atom stereocenters. The highest BCUT2D eigenvalue weighted by Gasteiger charge is 2.10. The molecule has 10 heavy (non-hydrogen) atoms. The lowest BCUT2D eigenvalue weighted by Gasteiger charge is -1.89. The van der Waals surface area contributed by atoms with Gasteiger partial charge in [0, 0.05) is 12.1 Å². The molecule has 1 heterocycles. The molecule has 0 aliphatic rings. The molecule has 0 aromatic carbocycles. The number of nitrogens with two attached hydrogens (primary N) is 1. The van der Waals surface area contributed by atoms with Crippen LogP contribution in [0.1, 0.15) is 16.1 Å². The SMILES string of the molecule is NCc1ccoc1C(=O)Cl. The standard InChI is InChI=1S/C6H6ClNO2/c7-6(9)5-4(3-8)1-2-10-5/h1-2H,3,8H2. The quantitative estimate of drug-likeness (QED) is 0.658. The van der Waals surface area contributed by atoms with Crippen molar-refractivity contribution in [1.82, 2.24) is 0 Å². The highest BCUT2D eigenvalue weighted by atomic mass is 35.5. The van der Waals surface area contributed by atoms with Crippen molar-refractivity contribution in [1.29, 1.82) is 0 Å². The van der Waals surface area contributed by atoms with Gasteiger partial charge in [-0.1, -0.05) is 0 Å². The second-order valence-electron chi connectivity index (χ2n) is 1.75. The Balaban J connectivity index is 3.01. The van der Waals surface area contributed by atoms with E-state index in [0.29, 0.717) is 5.56 Å². The lowest BCUT2D eigenvalue weighted by Crippen LogP contribution is -1.99. The van der Waals surface area contributed by atoms with Gasteiger partial charge in [0.1, 0.15) is 0 Å². The van der Waals surface area contributed by atoms with Gasteiger partial charge in [0.15, 0.2) is 5.76 Å². The molecule has 0 bridgehead atoms. The van der Waals surface area contributed by atoms with Crippen LogP contribution in [-0.2, 0) is 6.54 Å². The highest BCUT2D eigenvalue weighted by Crippen LogP contribution is 2.11. The normalized spacial score (nSPS) is 9.80. The first kappa shape index (κ1) is 7.31. The van der Waals surface area contributed by atoms with E-state index in [1.54, 1.807) is 6.07 Å².